The first-order valence-corrected chi connectivity index (χ1v) is 7.34. The van der Waals surface area contributed by atoms with E-state index in [0.717, 1.165) is 38.5 Å². The summed E-state index contributed by atoms with van der Waals surface area (Å²) in [5, 5.41) is 7.33. The number of piperazine rings is 1. The lowest BCUT2D eigenvalue weighted by Gasteiger charge is -2.27. The lowest BCUT2D eigenvalue weighted by atomic mass is 10.1. The van der Waals surface area contributed by atoms with Crippen LogP contribution in [0.5, 0.6) is 0 Å². The second kappa shape index (κ2) is 9.00. The van der Waals surface area contributed by atoms with Gasteiger partial charge in [-0.25, -0.2) is 9.97 Å². The molecule has 128 valence electrons. The highest BCUT2D eigenvalue weighted by Crippen LogP contribution is 2.17. The molecule has 0 amide bonds. The fourth-order valence-electron chi connectivity index (χ4n) is 2.28. The quantitative estimate of drug-likeness (QED) is 0.892. The minimum absolute atomic E-state index is 0. The average Bonchev–Trinajstić information content (AvgIpc) is 2.96. The Labute approximate surface area is 148 Å². The van der Waals surface area contributed by atoms with Gasteiger partial charge in [-0.2, -0.15) is 4.98 Å². The average molecular weight is 361 g/mol. The third kappa shape index (κ3) is 5.02. The van der Waals surface area contributed by atoms with Crippen LogP contribution in [0.4, 0.5) is 5.95 Å². The zero-order chi connectivity index (χ0) is 14.7. The van der Waals surface area contributed by atoms with Crippen molar-refractivity contribution in [3.8, 4) is 11.5 Å². The summed E-state index contributed by atoms with van der Waals surface area (Å²) in [5.74, 6) is 2.40. The first kappa shape index (κ1) is 19.6. The Kier molecular flexibility index (Phi) is 7.67. The molecule has 0 bridgehead atoms. The van der Waals surface area contributed by atoms with E-state index in [4.69, 9.17) is 4.52 Å². The molecule has 1 aliphatic rings. The van der Waals surface area contributed by atoms with Gasteiger partial charge in [-0.05, 0) is 12.0 Å². The van der Waals surface area contributed by atoms with Crippen molar-refractivity contribution in [2.24, 2.45) is 5.92 Å². The first-order valence-electron chi connectivity index (χ1n) is 7.34. The van der Waals surface area contributed by atoms with Gasteiger partial charge in [-0.15, -0.1) is 24.8 Å². The summed E-state index contributed by atoms with van der Waals surface area (Å²) in [6.07, 6.45) is 2.53. The molecule has 1 fully saturated rings. The molecule has 0 atom stereocenters. The summed E-state index contributed by atoms with van der Waals surface area (Å²) in [7, 11) is 0. The molecule has 0 spiro atoms. The fraction of sp³-hybridized carbons (Fsp3) is 0.571. The van der Waals surface area contributed by atoms with Crippen molar-refractivity contribution in [2.45, 2.75) is 20.3 Å². The Morgan fingerprint density at radius 3 is 2.65 bits per heavy atom. The van der Waals surface area contributed by atoms with Crippen LogP contribution in [0.25, 0.3) is 11.5 Å². The van der Waals surface area contributed by atoms with E-state index >= 15 is 0 Å². The van der Waals surface area contributed by atoms with Gasteiger partial charge < -0.3 is 14.7 Å². The van der Waals surface area contributed by atoms with Gasteiger partial charge in [0.25, 0.3) is 0 Å². The Bertz CT molecular complexity index is 600. The molecular weight excluding hydrogens is 339 g/mol. The van der Waals surface area contributed by atoms with Crippen molar-refractivity contribution in [1.82, 2.24) is 25.4 Å². The van der Waals surface area contributed by atoms with Crippen LogP contribution in [-0.4, -0.2) is 46.3 Å². The topological polar surface area (TPSA) is 80.0 Å². The minimum atomic E-state index is 0. The highest BCUT2D eigenvalue weighted by Gasteiger charge is 2.16. The number of aromatic nitrogens is 4. The molecule has 0 unspecified atom stereocenters. The summed E-state index contributed by atoms with van der Waals surface area (Å²) < 4.78 is 5.27. The van der Waals surface area contributed by atoms with Crippen molar-refractivity contribution < 1.29 is 4.52 Å². The van der Waals surface area contributed by atoms with Crippen LogP contribution < -0.4 is 10.2 Å². The van der Waals surface area contributed by atoms with Crippen molar-refractivity contribution >= 4 is 30.8 Å². The van der Waals surface area contributed by atoms with Crippen LogP contribution in [0.15, 0.2) is 16.8 Å². The second-order valence-electron chi connectivity index (χ2n) is 5.59. The molecule has 1 N–H and O–H groups in total. The number of nitrogens with zero attached hydrogens (tertiary/aromatic N) is 5. The number of hydrogen-bond acceptors (Lipinski definition) is 7. The lowest BCUT2D eigenvalue weighted by molar-refractivity contribution is 0.363. The summed E-state index contributed by atoms with van der Waals surface area (Å²) in [4.78, 5) is 15.5. The zero-order valence-electron chi connectivity index (χ0n) is 13.2. The molecule has 3 rings (SSSR count). The monoisotopic (exact) mass is 360 g/mol. The molecule has 2 aromatic heterocycles. The third-order valence-corrected chi connectivity index (χ3v) is 3.32. The smallest absolute Gasteiger partial charge is 0.227 e. The molecule has 1 saturated heterocycles. The molecule has 0 aromatic carbocycles. The Balaban J connectivity index is 0.00000132. The van der Waals surface area contributed by atoms with E-state index in [0.29, 0.717) is 23.3 Å². The van der Waals surface area contributed by atoms with Gasteiger partial charge >= 0.3 is 0 Å². The number of halogens is 2. The Morgan fingerprint density at radius 1 is 1.22 bits per heavy atom. The van der Waals surface area contributed by atoms with E-state index in [1.807, 2.05) is 6.07 Å². The van der Waals surface area contributed by atoms with Crippen LogP contribution >= 0.6 is 24.8 Å². The molecule has 0 saturated carbocycles. The summed E-state index contributed by atoms with van der Waals surface area (Å²) in [6.45, 7) is 7.97. The zero-order valence-corrected chi connectivity index (χ0v) is 14.9. The second-order valence-corrected chi connectivity index (χ2v) is 5.59. The van der Waals surface area contributed by atoms with E-state index in [1.165, 1.54) is 0 Å². The number of rotatable bonds is 4. The van der Waals surface area contributed by atoms with Crippen molar-refractivity contribution in [3.63, 3.8) is 0 Å². The third-order valence-electron chi connectivity index (χ3n) is 3.32. The molecule has 2 aromatic rings. The number of hydrogen-bond donors (Lipinski definition) is 1. The Morgan fingerprint density at radius 2 is 1.96 bits per heavy atom. The van der Waals surface area contributed by atoms with Crippen LogP contribution in [0.1, 0.15) is 19.7 Å². The Hall–Kier alpha value is -1.44. The van der Waals surface area contributed by atoms with Gasteiger partial charge in [-0.1, -0.05) is 19.0 Å². The van der Waals surface area contributed by atoms with E-state index in [1.54, 1.807) is 6.20 Å². The minimum Gasteiger partial charge on any atom is -0.339 e. The summed E-state index contributed by atoms with van der Waals surface area (Å²) >= 11 is 0. The maximum Gasteiger partial charge on any atom is 0.227 e. The molecule has 1 aliphatic heterocycles. The molecule has 9 heteroatoms. The van der Waals surface area contributed by atoms with Crippen molar-refractivity contribution in [3.05, 3.63) is 18.2 Å². The summed E-state index contributed by atoms with van der Waals surface area (Å²) in [6, 6.07) is 1.82. The van der Waals surface area contributed by atoms with Gasteiger partial charge in [0.1, 0.15) is 5.69 Å². The number of nitrogens with one attached hydrogen (secondary N) is 1. The molecule has 0 radical (unpaired) electrons. The van der Waals surface area contributed by atoms with E-state index in [2.05, 4.69) is 44.2 Å². The lowest BCUT2D eigenvalue weighted by Crippen LogP contribution is -2.44. The maximum atomic E-state index is 5.27. The van der Waals surface area contributed by atoms with Gasteiger partial charge in [-0.3, -0.25) is 0 Å². The van der Waals surface area contributed by atoms with E-state index in [9.17, 15) is 0 Å². The van der Waals surface area contributed by atoms with E-state index in [-0.39, 0.29) is 24.8 Å². The predicted molar refractivity (Wildman–Crippen MR) is 93.4 cm³/mol. The molecule has 23 heavy (non-hydrogen) atoms. The van der Waals surface area contributed by atoms with Crippen molar-refractivity contribution in [2.75, 3.05) is 31.1 Å². The molecule has 7 nitrogen and oxygen atoms in total. The first-order chi connectivity index (χ1) is 10.2. The molecular formula is C14H22Cl2N6O. The summed E-state index contributed by atoms with van der Waals surface area (Å²) in [5.41, 5.74) is 0.706. The van der Waals surface area contributed by atoms with E-state index < -0.39 is 0 Å². The standard InChI is InChI=1S/C14H20N6O.2ClH/c1-10(2)9-12-18-13(19-21-12)11-3-4-16-14(17-11)20-7-5-15-6-8-20;;/h3-4,10,15H,5-9H2,1-2H3;2*1H. The van der Waals surface area contributed by atoms with Crippen LogP contribution in [0.3, 0.4) is 0 Å². The number of anilines is 1. The van der Waals surface area contributed by atoms with Crippen LogP contribution in [-0.2, 0) is 6.42 Å². The van der Waals surface area contributed by atoms with Gasteiger partial charge in [0.15, 0.2) is 0 Å². The predicted octanol–water partition coefficient (Wildman–Crippen LogP) is 1.98. The SMILES string of the molecule is CC(C)Cc1nc(-c2ccnc(N3CCNCC3)n2)no1.Cl.Cl. The molecule has 0 aliphatic carbocycles. The highest BCUT2D eigenvalue weighted by molar-refractivity contribution is 5.85. The van der Waals surface area contributed by atoms with Gasteiger partial charge in [0.05, 0.1) is 0 Å². The van der Waals surface area contributed by atoms with Crippen LogP contribution in [0, 0.1) is 5.92 Å². The van der Waals surface area contributed by atoms with Crippen molar-refractivity contribution in [1.29, 1.82) is 0 Å². The van der Waals surface area contributed by atoms with Crippen LogP contribution in [0.2, 0.25) is 0 Å². The largest absolute Gasteiger partial charge is 0.339 e. The fourth-order valence-corrected chi connectivity index (χ4v) is 2.28. The highest BCUT2D eigenvalue weighted by atomic mass is 35.5. The molecule has 3 heterocycles. The van der Waals surface area contributed by atoms with Gasteiger partial charge in [0.2, 0.25) is 17.7 Å². The van der Waals surface area contributed by atoms with Gasteiger partial charge in [0, 0.05) is 38.8 Å². The normalized spacial score (nSPS) is 14.3. The maximum absolute atomic E-state index is 5.27.